The van der Waals surface area contributed by atoms with Crippen LogP contribution in [0.25, 0.3) is 0 Å². The molecular weight excluding hydrogens is 963 g/mol. The zero-order chi connectivity index (χ0) is 54.6. The molecule has 0 spiro atoms. The summed E-state index contributed by atoms with van der Waals surface area (Å²) in [5.41, 5.74) is 17.6. The number of amides is 7. The van der Waals surface area contributed by atoms with Crippen molar-refractivity contribution in [1.82, 2.24) is 46.8 Å². The number of likely N-dealkylation sites (tertiary alicyclic amines) is 1. The molecule has 25 nitrogen and oxygen atoms in total. The number of guanidine groups is 1. The molecule has 408 valence electrons. The Morgan fingerprint density at radius 2 is 1.39 bits per heavy atom. The molecule has 0 radical (unpaired) electrons. The summed E-state index contributed by atoms with van der Waals surface area (Å²) in [5, 5.41) is 45.4. The number of aromatic nitrogens is 2. The van der Waals surface area contributed by atoms with Gasteiger partial charge in [-0.05, 0) is 74.0 Å². The lowest BCUT2D eigenvalue weighted by Crippen LogP contribution is -2.62. The number of phenolic OH excluding ortho intramolecular Hbond substituents is 1. The third-order valence-electron chi connectivity index (χ3n) is 13.5. The number of carbonyl (C=O) groups is 9. The van der Waals surface area contributed by atoms with Crippen LogP contribution in [-0.4, -0.2) is 151 Å². The number of phenols is 1. The number of hydrogen-bond donors (Lipinski definition) is 13. The second-order valence-corrected chi connectivity index (χ2v) is 19.5. The molecule has 4 rings (SSSR count). The van der Waals surface area contributed by atoms with E-state index < -0.39 is 120 Å². The van der Waals surface area contributed by atoms with Crippen molar-refractivity contribution < 1.29 is 58.5 Å². The number of nitrogens with one attached hydrogen (secondary N) is 7. The molecule has 1 saturated carbocycles. The Labute approximate surface area is 429 Å². The smallest absolute Gasteiger partial charge is 0.326 e. The number of nitrogens with zero attached hydrogens (tertiary/aromatic N) is 3. The van der Waals surface area contributed by atoms with Crippen molar-refractivity contribution in [2.75, 3.05) is 13.1 Å². The van der Waals surface area contributed by atoms with Gasteiger partial charge in [0.1, 0.15) is 48.0 Å². The summed E-state index contributed by atoms with van der Waals surface area (Å²) in [7, 11) is 0. The van der Waals surface area contributed by atoms with Crippen molar-refractivity contribution >= 4 is 59.2 Å². The van der Waals surface area contributed by atoms with Gasteiger partial charge in [0.25, 0.3) is 0 Å². The van der Waals surface area contributed by atoms with Crippen molar-refractivity contribution in [1.29, 1.82) is 0 Å². The molecule has 1 aliphatic heterocycles. The van der Waals surface area contributed by atoms with Crippen LogP contribution in [0.4, 0.5) is 0 Å². The van der Waals surface area contributed by atoms with Gasteiger partial charge in [-0.2, -0.15) is 0 Å². The SMILES string of the molecule is CC[C@H](C)[C@H](NC(=O)[C@H](Cc1ccc(O)cc1)NC(=O)[C@@H](NC(=O)[C@H](CCCN=C(N)N)NC(=O)[C@@H](N)CC(=O)O)C(C)C)C(=O)N[C@@H](Cc1cnc[nH]1)C(=O)N1CCC[C@H]1C(=O)N[C@H](C(=O)O)C1CCCCC1. The highest BCUT2D eigenvalue weighted by molar-refractivity contribution is 5.98. The van der Waals surface area contributed by atoms with Crippen molar-refractivity contribution in [3.05, 3.63) is 48.0 Å². The fourth-order valence-electron chi connectivity index (χ4n) is 9.09. The van der Waals surface area contributed by atoms with Gasteiger partial charge >= 0.3 is 11.9 Å². The molecule has 2 aromatic rings. The summed E-state index contributed by atoms with van der Waals surface area (Å²) in [6.45, 7) is 6.97. The number of nitrogens with two attached hydrogens (primary N) is 3. The minimum Gasteiger partial charge on any atom is -0.508 e. The van der Waals surface area contributed by atoms with E-state index >= 15 is 0 Å². The molecule has 9 atom stereocenters. The van der Waals surface area contributed by atoms with Crippen LogP contribution in [0, 0.1) is 17.8 Å². The predicted octanol–water partition coefficient (Wildman–Crippen LogP) is -0.977. The lowest BCUT2D eigenvalue weighted by Gasteiger charge is -2.33. The first-order valence-corrected chi connectivity index (χ1v) is 25.2. The molecule has 0 unspecified atom stereocenters. The van der Waals surface area contributed by atoms with Crippen LogP contribution >= 0.6 is 0 Å². The molecule has 74 heavy (non-hydrogen) atoms. The Bertz CT molecular complexity index is 2270. The number of benzene rings is 1. The summed E-state index contributed by atoms with van der Waals surface area (Å²) in [6.07, 6.45) is 7.07. The molecule has 7 amide bonds. The molecule has 2 heterocycles. The van der Waals surface area contributed by atoms with E-state index in [1.807, 2.05) is 0 Å². The summed E-state index contributed by atoms with van der Waals surface area (Å²) in [4.78, 5) is 134. The third kappa shape index (κ3) is 18.0. The maximum absolute atomic E-state index is 14.6. The quantitative estimate of drug-likeness (QED) is 0.0277. The normalized spacial score (nSPS) is 18.0. The Morgan fingerprint density at radius 1 is 0.770 bits per heavy atom. The van der Waals surface area contributed by atoms with Gasteiger partial charge in [0.2, 0.25) is 41.4 Å². The molecule has 1 aromatic heterocycles. The summed E-state index contributed by atoms with van der Waals surface area (Å²) < 4.78 is 0. The number of rotatable bonds is 28. The Hall–Kier alpha value is -7.31. The first kappa shape index (κ1) is 59.3. The molecular formula is C49H75N13O12. The Morgan fingerprint density at radius 3 is 1.99 bits per heavy atom. The van der Waals surface area contributed by atoms with Crippen LogP contribution in [0.2, 0.25) is 0 Å². The van der Waals surface area contributed by atoms with Crippen LogP contribution in [0.5, 0.6) is 5.75 Å². The summed E-state index contributed by atoms with van der Waals surface area (Å²) in [6, 6.07) is -4.47. The lowest BCUT2D eigenvalue weighted by atomic mass is 9.83. The van der Waals surface area contributed by atoms with Crippen molar-refractivity contribution in [2.24, 2.45) is 39.9 Å². The molecule has 25 heteroatoms. The van der Waals surface area contributed by atoms with E-state index in [1.54, 1.807) is 27.7 Å². The highest BCUT2D eigenvalue weighted by atomic mass is 16.4. The molecule has 1 aliphatic carbocycles. The van der Waals surface area contributed by atoms with Crippen LogP contribution in [0.3, 0.4) is 0 Å². The van der Waals surface area contributed by atoms with E-state index in [0.29, 0.717) is 36.9 Å². The van der Waals surface area contributed by atoms with Crippen molar-refractivity contribution in [3.63, 3.8) is 0 Å². The van der Waals surface area contributed by atoms with Crippen LogP contribution in [0.15, 0.2) is 41.8 Å². The van der Waals surface area contributed by atoms with Crippen LogP contribution in [0.1, 0.15) is 110 Å². The predicted molar refractivity (Wildman–Crippen MR) is 269 cm³/mol. The highest BCUT2D eigenvalue weighted by Gasteiger charge is 2.42. The largest absolute Gasteiger partial charge is 0.508 e. The number of carboxylic acid groups (broad SMARTS) is 2. The number of hydrogen-bond acceptors (Lipinski definition) is 13. The number of aromatic hydroxyl groups is 1. The maximum Gasteiger partial charge on any atom is 0.326 e. The molecule has 1 aromatic carbocycles. The molecule has 16 N–H and O–H groups in total. The van der Waals surface area contributed by atoms with Gasteiger partial charge in [-0.15, -0.1) is 0 Å². The first-order chi connectivity index (χ1) is 35.1. The van der Waals surface area contributed by atoms with E-state index in [-0.39, 0.29) is 62.8 Å². The number of H-pyrrole nitrogens is 1. The van der Waals surface area contributed by atoms with Gasteiger partial charge in [0.15, 0.2) is 5.96 Å². The second kappa shape index (κ2) is 28.8. The Balaban J connectivity index is 1.59. The van der Waals surface area contributed by atoms with Crippen molar-refractivity contribution in [2.45, 2.75) is 160 Å². The van der Waals surface area contributed by atoms with Crippen molar-refractivity contribution in [3.8, 4) is 5.75 Å². The topological polar surface area (TPSA) is 409 Å². The van der Waals surface area contributed by atoms with Gasteiger partial charge < -0.3 is 74.3 Å². The van der Waals surface area contributed by atoms with E-state index in [0.717, 1.165) is 19.3 Å². The first-order valence-electron chi connectivity index (χ1n) is 25.2. The number of aliphatic imine (C=N–C) groups is 1. The van der Waals surface area contributed by atoms with Crippen LogP contribution in [-0.2, 0) is 56.0 Å². The average molecular weight is 1040 g/mol. The molecule has 2 aliphatic rings. The minimum absolute atomic E-state index is 0.0542. The van der Waals surface area contributed by atoms with E-state index in [9.17, 15) is 58.5 Å². The number of aromatic amines is 1. The third-order valence-corrected chi connectivity index (χ3v) is 13.5. The molecule has 0 bridgehead atoms. The number of carboxylic acids is 2. The fraction of sp³-hybridized carbons (Fsp3) is 0.612. The number of aliphatic carboxylic acids is 2. The monoisotopic (exact) mass is 1040 g/mol. The Kier molecular flexibility index (Phi) is 23.1. The van der Waals surface area contributed by atoms with Crippen LogP contribution < -0.4 is 49.1 Å². The van der Waals surface area contributed by atoms with E-state index in [2.05, 4.69) is 46.9 Å². The minimum atomic E-state index is -1.51. The fourth-order valence-corrected chi connectivity index (χ4v) is 9.09. The summed E-state index contributed by atoms with van der Waals surface area (Å²) in [5.74, 6) is -9.60. The van der Waals surface area contributed by atoms with Gasteiger partial charge in [0, 0.05) is 37.8 Å². The maximum atomic E-state index is 14.6. The van der Waals surface area contributed by atoms with E-state index in [4.69, 9.17) is 17.2 Å². The standard InChI is InChI=1S/C49H75N13O12/c1-5-27(4)39(46(71)58-35(22-30-24-53-25-55-30)47(72)62-20-10-14-36(62)44(69)61-40(48(73)74)29-11-7-6-8-12-29)60-43(68)34(21-28-15-17-31(63)18-16-28)57-45(70)38(26(2)3)59-42(67)33(13-9-19-54-49(51)52)56-41(66)32(50)23-37(64)65/h15-18,24-27,29,32-36,38-40,63H,5-14,19-23,50H2,1-4H3,(H,53,55)(H,56,66)(H,57,70)(H,58,71)(H,59,67)(H,60,68)(H,61,69)(H,64,65)(H,73,74)(H4,51,52,54)/t27-,32-,33-,34-,35-,36-,38-,39-,40-/m0/s1. The summed E-state index contributed by atoms with van der Waals surface area (Å²) >= 11 is 0. The average Bonchev–Trinajstić information content (AvgIpc) is 4.07. The molecule has 1 saturated heterocycles. The lowest BCUT2D eigenvalue weighted by molar-refractivity contribution is -0.146. The zero-order valence-corrected chi connectivity index (χ0v) is 42.5. The van der Waals surface area contributed by atoms with Gasteiger partial charge in [-0.25, -0.2) is 9.78 Å². The number of imidazole rings is 1. The zero-order valence-electron chi connectivity index (χ0n) is 42.5. The highest BCUT2D eigenvalue weighted by Crippen LogP contribution is 2.28. The second-order valence-electron chi connectivity index (χ2n) is 19.5. The number of carbonyl (C=O) groups excluding carboxylic acids is 7. The van der Waals surface area contributed by atoms with Gasteiger partial charge in [-0.1, -0.05) is 65.5 Å². The molecule has 2 fully saturated rings. The van der Waals surface area contributed by atoms with Gasteiger partial charge in [-0.3, -0.25) is 43.3 Å². The van der Waals surface area contributed by atoms with E-state index in [1.165, 1.54) is 41.7 Å². The van der Waals surface area contributed by atoms with Gasteiger partial charge in [0.05, 0.1) is 18.8 Å².